The molecule has 0 bridgehead atoms. The van der Waals surface area contributed by atoms with Crippen LogP contribution in [0, 0.1) is 12.8 Å². The number of likely N-dealkylation sites (tertiary alicyclic amines) is 1. The molecule has 140 valence electrons. The molecule has 1 N–H and O–H groups in total. The molecule has 4 rings (SSSR count). The van der Waals surface area contributed by atoms with Crippen LogP contribution >= 0.6 is 0 Å². The molecule has 2 aliphatic rings. The summed E-state index contributed by atoms with van der Waals surface area (Å²) in [7, 11) is 1.88. The number of nitrogens with one attached hydrogen (secondary N) is 1. The van der Waals surface area contributed by atoms with Gasteiger partial charge in [0.2, 0.25) is 0 Å². The lowest BCUT2D eigenvalue weighted by molar-refractivity contribution is -0.181. The molecule has 0 aromatic carbocycles. The predicted molar refractivity (Wildman–Crippen MR) is 95.7 cm³/mol. The van der Waals surface area contributed by atoms with Gasteiger partial charge in [0.1, 0.15) is 11.5 Å². The average molecular weight is 358 g/mol. The highest BCUT2D eigenvalue weighted by molar-refractivity contribution is 5.92. The molecule has 26 heavy (non-hydrogen) atoms. The second-order valence-corrected chi connectivity index (χ2v) is 7.69. The Kier molecular flexibility index (Phi) is 4.58. The Morgan fingerprint density at radius 1 is 1.46 bits per heavy atom. The first-order valence-corrected chi connectivity index (χ1v) is 9.21. The number of carbonyl (C=O) groups excluding carboxylic acids is 1. The lowest BCUT2D eigenvalue weighted by atomic mass is 9.83. The summed E-state index contributed by atoms with van der Waals surface area (Å²) in [6.07, 6.45) is 4.02. The van der Waals surface area contributed by atoms with E-state index in [9.17, 15) is 4.79 Å². The lowest BCUT2D eigenvalue weighted by Gasteiger charge is -2.52. The number of amides is 1. The van der Waals surface area contributed by atoms with Crippen LogP contribution in [0.1, 0.15) is 34.8 Å². The van der Waals surface area contributed by atoms with Gasteiger partial charge in [0.25, 0.3) is 5.91 Å². The van der Waals surface area contributed by atoms with Crippen LogP contribution < -0.4 is 5.32 Å². The van der Waals surface area contributed by atoms with E-state index in [-0.39, 0.29) is 11.5 Å². The quantitative estimate of drug-likeness (QED) is 0.881. The minimum absolute atomic E-state index is 0.00257. The third kappa shape index (κ3) is 3.54. The summed E-state index contributed by atoms with van der Waals surface area (Å²) in [6, 6.07) is 5.70. The Bertz CT molecular complexity index is 765. The smallest absolute Gasteiger partial charge is 0.267 e. The van der Waals surface area contributed by atoms with E-state index in [4.69, 9.17) is 9.26 Å². The van der Waals surface area contributed by atoms with Crippen molar-refractivity contribution in [1.82, 2.24) is 19.9 Å². The summed E-state index contributed by atoms with van der Waals surface area (Å²) in [5.74, 6) is 1.22. The summed E-state index contributed by atoms with van der Waals surface area (Å²) in [6.45, 7) is 6.00. The van der Waals surface area contributed by atoms with Crippen LogP contribution in [0.4, 0.5) is 0 Å². The van der Waals surface area contributed by atoms with Gasteiger partial charge < -0.3 is 19.1 Å². The third-order valence-electron chi connectivity index (χ3n) is 5.45. The standard InChI is InChI=1S/C19H26N4O3/c1-14-8-16(21-26-14)10-23-12-19(13-23)6-5-15(11-25-19)9-20-18(24)17-4-3-7-22(17)2/h3-4,7-8,15H,5-6,9-13H2,1-2H3,(H,20,24)/t15-/m0/s1. The number of carbonyl (C=O) groups is 1. The van der Waals surface area contributed by atoms with E-state index in [0.29, 0.717) is 24.8 Å². The number of aromatic nitrogens is 2. The van der Waals surface area contributed by atoms with Crippen molar-refractivity contribution >= 4 is 5.91 Å². The monoisotopic (exact) mass is 358 g/mol. The first-order valence-electron chi connectivity index (χ1n) is 9.21. The van der Waals surface area contributed by atoms with Crippen molar-refractivity contribution in [3.05, 3.63) is 41.5 Å². The fraction of sp³-hybridized carbons (Fsp3) is 0.579. The maximum atomic E-state index is 12.2. The fourth-order valence-electron chi connectivity index (χ4n) is 3.95. The fourth-order valence-corrected chi connectivity index (χ4v) is 3.95. The van der Waals surface area contributed by atoms with Gasteiger partial charge in [0.05, 0.1) is 17.9 Å². The maximum Gasteiger partial charge on any atom is 0.267 e. The van der Waals surface area contributed by atoms with Crippen LogP contribution in [0.25, 0.3) is 0 Å². The number of ether oxygens (including phenoxy) is 1. The molecule has 2 aromatic heterocycles. The second kappa shape index (κ2) is 6.89. The Labute approximate surface area is 153 Å². The maximum absolute atomic E-state index is 12.2. The van der Waals surface area contributed by atoms with Crippen LogP contribution in [0.2, 0.25) is 0 Å². The Hall–Kier alpha value is -2.12. The first-order chi connectivity index (χ1) is 12.5. The van der Waals surface area contributed by atoms with Crippen molar-refractivity contribution in [2.75, 3.05) is 26.2 Å². The molecule has 4 heterocycles. The Morgan fingerprint density at radius 3 is 2.92 bits per heavy atom. The van der Waals surface area contributed by atoms with E-state index in [1.807, 2.05) is 42.9 Å². The molecular weight excluding hydrogens is 332 g/mol. The van der Waals surface area contributed by atoms with Gasteiger partial charge in [-0.05, 0) is 37.8 Å². The Morgan fingerprint density at radius 2 is 2.31 bits per heavy atom. The molecule has 0 saturated carbocycles. The largest absolute Gasteiger partial charge is 0.372 e. The molecule has 7 nitrogen and oxygen atoms in total. The molecule has 1 amide bonds. The third-order valence-corrected chi connectivity index (χ3v) is 5.45. The molecule has 2 saturated heterocycles. The average Bonchev–Trinajstić information content (AvgIpc) is 3.21. The summed E-state index contributed by atoms with van der Waals surface area (Å²) in [5, 5.41) is 7.09. The van der Waals surface area contributed by atoms with Crippen LogP contribution in [0.5, 0.6) is 0 Å². The highest BCUT2D eigenvalue weighted by Gasteiger charge is 2.46. The Balaban J connectivity index is 1.19. The number of hydrogen-bond donors (Lipinski definition) is 1. The first kappa shape index (κ1) is 17.3. The number of nitrogens with zero attached hydrogens (tertiary/aromatic N) is 3. The van der Waals surface area contributed by atoms with Crippen molar-refractivity contribution in [3.8, 4) is 0 Å². The number of hydrogen-bond acceptors (Lipinski definition) is 5. The van der Waals surface area contributed by atoms with Gasteiger partial charge in [-0.1, -0.05) is 5.16 Å². The minimum Gasteiger partial charge on any atom is -0.372 e. The van der Waals surface area contributed by atoms with Gasteiger partial charge in [-0.2, -0.15) is 0 Å². The summed E-state index contributed by atoms with van der Waals surface area (Å²) < 4.78 is 13.1. The highest BCUT2D eigenvalue weighted by Crippen LogP contribution is 2.36. The van der Waals surface area contributed by atoms with Gasteiger partial charge in [0, 0.05) is 45.5 Å². The van der Waals surface area contributed by atoms with Crippen molar-refractivity contribution in [2.24, 2.45) is 13.0 Å². The van der Waals surface area contributed by atoms with E-state index in [2.05, 4.69) is 15.4 Å². The number of aryl methyl sites for hydroxylation is 2. The molecule has 1 atom stereocenters. The molecule has 0 aliphatic carbocycles. The SMILES string of the molecule is Cc1cc(CN2CC3(CC[C@@H](CNC(=O)c4cccn4C)CO3)C2)no1. The topological polar surface area (TPSA) is 72.5 Å². The van der Waals surface area contributed by atoms with Crippen LogP contribution in [0.15, 0.2) is 28.9 Å². The molecule has 2 fully saturated rings. The summed E-state index contributed by atoms with van der Waals surface area (Å²) >= 11 is 0. The normalized spacial score (nSPS) is 22.3. The van der Waals surface area contributed by atoms with Crippen LogP contribution in [0.3, 0.4) is 0 Å². The van der Waals surface area contributed by atoms with Gasteiger partial charge in [-0.15, -0.1) is 0 Å². The van der Waals surface area contributed by atoms with Crippen molar-refractivity contribution < 1.29 is 14.1 Å². The van der Waals surface area contributed by atoms with Gasteiger partial charge in [0.15, 0.2) is 0 Å². The van der Waals surface area contributed by atoms with E-state index >= 15 is 0 Å². The minimum atomic E-state index is -0.0180. The molecule has 2 aromatic rings. The van der Waals surface area contributed by atoms with Gasteiger partial charge >= 0.3 is 0 Å². The lowest BCUT2D eigenvalue weighted by Crippen LogP contribution is -2.64. The molecule has 0 unspecified atom stereocenters. The molecule has 7 heteroatoms. The van der Waals surface area contributed by atoms with Crippen molar-refractivity contribution in [1.29, 1.82) is 0 Å². The zero-order valence-corrected chi connectivity index (χ0v) is 15.4. The van der Waals surface area contributed by atoms with E-state index in [1.165, 1.54) is 0 Å². The molecule has 1 spiro atoms. The van der Waals surface area contributed by atoms with Crippen LogP contribution in [-0.2, 0) is 18.3 Å². The summed E-state index contributed by atoms with van der Waals surface area (Å²) in [5.41, 5.74) is 1.67. The van der Waals surface area contributed by atoms with Gasteiger partial charge in [-0.25, -0.2) is 0 Å². The van der Waals surface area contributed by atoms with Crippen molar-refractivity contribution in [2.45, 2.75) is 31.9 Å². The van der Waals surface area contributed by atoms with E-state index in [1.54, 1.807) is 0 Å². The zero-order valence-electron chi connectivity index (χ0n) is 15.4. The zero-order chi connectivity index (χ0) is 18.1. The van der Waals surface area contributed by atoms with E-state index in [0.717, 1.165) is 43.9 Å². The molecular formula is C19H26N4O3. The van der Waals surface area contributed by atoms with Crippen LogP contribution in [-0.4, -0.2) is 52.4 Å². The van der Waals surface area contributed by atoms with Crippen molar-refractivity contribution in [3.63, 3.8) is 0 Å². The second-order valence-electron chi connectivity index (χ2n) is 7.69. The highest BCUT2D eigenvalue weighted by atomic mass is 16.5. The molecule has 2 aliphatic heterocycles. The summed E-state index contributed by atoms with van der Waals surface area (Å²) in [4.78, 5) is 14.5. The number of rotatable bonds is 5. The predicted octanol–water partition coefficient (Wildman–Crippen LogP) is 1.73. The van der Waals surface area contributed by atoms with E-state index < -0.39 is 0 Å². The van der Waals surface area contributed by atoms with Gasteiger partial charge in [-0.3, -0.25) is 9.69 Å². The molecule has 0 radical (unpaired) electrons.